The van der Waals surface area contributed by atoms with E-state index in [1.807, 2.05) is 31.2 Å². The van der Waals surface area contributed by atoms with Crippen LogP contribution in [0.3, 0.4) is 0 Å². The smallest absolute Gasteiger partial charge is 0.221 e. The van der Waals surface area contributed by atoms with Gasteiger partial charge in [0.2, 0.25) is 5.88 Å². The van der Waals surface area contributed by atoms with E-state index < -0.39 is 0 Å². The van der Waals surface area contributed by atoms with Crippen LogP contribution in [0.1, 0.15) is 23.4 Å². The molecule has 1 fully saturated rings. The van der Waals surface area contributed by atoms with E-state index in [0.29, 0.717) is 12.5 Å². The molecule has 0 unspecified atom stereocenters. The molecule has 1 saturated heterocycles. The van der Waals surface area contributed by atoms with Gasteiger partial charge in [0.05, 0.1) is 31.3 Å². The third kappa shape index (κ3) is 5.57. The Morgan fingerprint density at radius 2 is 2.00 bits per heavy atom. The third-order valence-electron chi connectivity index (χ3n) is 5.25. The molecule has 4 rings (SSSR count). The topological polar surface area (TPSA) is 69.6 Å². The van der Waals surface area contributed by atoms with Crippen molar-refractivity contribution in [2.24, 2.45) is 0 Å². The summed E-state index contributed by atoms with van der Waals surface area (Å²) in [5.41, 5.74) is 4.82. The van der Waals surface area contributed by atoms with Crippen LogP contribution in [-0.4, -0.2) is 53.3 Å². The monoisotopic (exact) mass is 420 g/mol. The summed E-state index contributed by atoms with van der Waals surface area (Å²) in [6, 6.07) is 10.2. The SMILES string of the molecule is COc1ncccc1-c1ccc(OCc2cnc(C)cn2)c(CN2CCCOCC2)c1. The summed E-state index contributed by atoms with van der Waals surface area (Å²) in [7, 11) is 1.64. The number of rotatable bonds is 7. The van der Waals surface area contributed by atoms with Crippen LogP contribution in [-0.2, 0) is 17.9 Å². The van der Waals surface area contributed by atoms with Crippen LogP contribution in [0.25, 0.3) is 11.1 Å². The van der Waals surface area contributed by atoms with Gasteiger partial charge in [-0.2, -0.15) is 0 Å². The fourth-order valence-electron chi connectivity index (χ4n) is 3.63. The summed E-state index contributed by atoms with van der Waals surface area (Å²) < 4.78 is 17.3. The summed E-state index contributed by atoms with van der Waals surface area (Å²) in [5, 5.41) is 0. The minimum absolute atomic E-state index is 0.374. The molecule has 1 aliphatic heterocycles. The highest BCUT2D eigenvalue weighted by molar-refractivity contribution is 5.70. The Morgan fingerprint density at radius 3 is 2.84 bits per heavy atom. The van der Waals surface area contributed by atoms with Gasteiger partial charge in [0.1, 0.15) is 12.4 Å². The molecule has 0 N–H and O–H groups in total. The lowest BCUT2D eigenvalue weighted by molar-refractivity contribution is 0.140. The molecule has 0 atom stereocenters. The van der Waals surface area contributed by atoms with Crippen molar-refractivity contribution in [1.82, 2.24) is 19.9 Å². The zero-order valence-corrected chi connectivity index (χ0v) is 18.1. The van der Waals surface area contributed by atoms with Gasteiger partial charge in [-0.05, 0) is 43.2 Å². The van der Waals surface area contributed by atoms with Gasteiger partial charge in [-0.15, -0.1) is 0 Å². The number of aromatic nitrogens is 3. The van der Waals surface area contributed by atoms with Crippen molar-refractivity contribution in [2.75, 3.05) is 33.4 Å². The van der Waals surface area contributed by atoms with Crippen molar-refractivity contribution in [2.45, 2.75) is 26.5 Å². The number of hydrogen-bond acceptors (Lipinski definition) is 7. The number of aryl methyl sites for hydroxylation is 1. The summed E-state index contributed by atoms with van der Waals surface area (Å²) in [5.74, 6) is 1.46. The molecule has 31 heavy (non-hydrogen) atoms. The molecule has 0 radical (unpaired) electrons. The van der Waals surface area contributed by atoms with Crippen molar-refractivity contribution in [3.63, 3.8) is 0 Å². The number of benzene rings is 1. The second-order valence-corrected chi connectivity index (χ2v) is 7.56. The quantitative estimate of drug-likeness (QED) is 0.578. The minimum atomic E-state index is 0.374. The normalized spacial score (nSPS) is 14.8. The molecule has 1 aromatic carbocycles. The first kappa shape index (κ1) is 21.2. The molecule has 3 heterocycles. The van der Waals surface area contributed by atoms with E-state index >= 15 is 0 Å². The maximum absolute atomic E-state index is 6.18. The van der Waals surface area contributed by atoms with Gasteiger partial charge in [-0.3, -0.25) is 14.9 Å². The molecule has 162 valence electrons. The van der Waals surface area contributed by atoms with Crippen molar-refractivity contribution >= 4 is 0 Å². The summed E-state index contributed by atoms with van der Waals surface area (Å²) >= 11 is 0. The summed E-state index contributed by atoms with van der Waals surface area (Å²) in [6.07, 6.45) is 6.29. The Balaban J connectivity index is 1.61. The second-order valence-electron chi connectivity index (χ2n) is 7.56. The molecule has 2 aromatic heterocycles. The highest BCUT2D eigenvalue weighted by atomic mass is 16.5. The zero-order valence-electron chi connectivity index (χ0n) is 18.1. The molecule has 0 spiro atoms. The van der Waals surface area contributed by atoms with Crippen LogP contribution in [0.15, 0.2) is 48.9 Å². The predicted octanol–water partition coefficient (Wildman–Crippen LogP) is 3.66. The Hall–Kier alpha value is -3.03. The van der Waals surface area contributed by atoms with Gasteiger partial charge in [-0.1, -0.05) is 6.07 Å². The lowest BCUT2D eigenvalue weighted by atomic mass is 10.0. The Kier molecular flexibility index (Phi) is 7.07. The van der Waals surface area contributed by atoms with Gasteiger partial charge < -0.3 is 14.2 Å². The van der Waals surface area contributed by atoms with E-state index in [1.165, 1.54) is 0 Å². The van der Waals surface area contributed by atoms with E-state index in [1.54, 1.807) is 25.7 Å². The average molecular weight is 421 g/mol. The highest BCUT2D eigenvalue weighted by Crippen LogP contribution is 2.32. The molecule has 1 aliphatic rings. The van der Waals surface area contributed by atoms with Crippen molar-refractivity contribution in [3.8, 4) is 22.8 Å². The van der Waals surface area contributed by atoms with Crippen LogP contribution in [0.2, 0.25) is 0 Å². The lowest BCUT2D eigenvalue weighted by Gasteiger charge is -2.22. The molecule has 7 nitrogen and oxygen atoms in total. The standard InChI is InChI=1S/C24H28N4O3/c1-18-14-27-21(15-26-18)17-31-23-7-6-19(22-5-3-8-25-24(22)29-2)13-20(23)16-28-9-4-11-30-12-10-28/h3,5-8,13-15H,4,9-12,16-17H2,1-2H3. The maximum Gasteiger partial charge on any atom is 0.221 e. The zero-order chi connectivity index (χ0) is 21.5. The minimum Gasteiger partial charge on any atom is -0.487 e. The number of pyridine rings is 1. The largest absolute Gasteiger partial charge is 0.487 e. The fraction of sp³-hybridized carbons (Fsp3) is 0.375. The number of methoxy groups -OCH3 is 1. The third-order valence-corrected chi connectivity index (χ3v) is 5.25. The Morgan fingerprint density at radius 1 is 1.06 bits per heavy atom. The van der Waals surface area contributed by atoms with Gasteiger partial charge in [-0.25, -0.2) is 4.98 Å². The van der Waals surface area contributed by atoms with Crippen molar-refractivity contribution in [1.29, 1.82) is 0 Å². The number of ether oxygens (including phenoxy) is 3. The summed E-state index contributed by atoms with van der Waals surface area (Å²) in [6.45, 7) is 6.57. The molecule has 0 saturated carbocycles. The predicted molar refractivity (Wildman–Crippen MR) is 118 cm³/mol. The maximum atomic E-state index is 6.18. The highest BCUT2D eigenvalue weighted by Gasteiger charge is 2.16. The van der Waals surface area contributed by atoms with Crippen LogP contribution in [0, 0.1) is 6.92 Å². The van der Waals surface area contributed by atoms with Crippen LogP contribution in [0.4, 0.5) is 0 Å². The molecule has 3 aromatic rings. The van der Waals surface area contributed by atoms with Gasteiger partial charge in [0.25, 0.3) is 0 Å². The summed E-state index contributed by atoms with van der Waals surface area (Å²) in [4.78, 5) is 15.5. The van der Waals surface area contributed by atoms with Crippen LogP contribution in [0.5, 0.6) is 11.6 Å². The molecule has 0 aliphatic carbocycles. The van der Waals surface area contributed by atoms with Gasteiger partial charge in [0.15, 0.2) is 0 Å². The van der Waals surface area contributed by atoms with Crippen LogP contribution < -0.4 is 9.47 Å². The first-order valence-corrected chi connectivity index (χ1v) is 10.6. The first-order valence-electron chi connectivity index (χ1n) is 10.6. The van der Waals surface area contributed by atoms with E-state index in [9.17, 15) is 0 Å². The van der Waals surface area contributed by atoms with E-state index in [2.05, 4.69) is 25.9 Å². The van der Waals surface area contributed by atoms with E-state index in [0.717, 1.165) is 73.1 Å². The number of hydrogen-bond donors (Lipinski definition) is 0. The van der Waals surface area contributed by atoms with Gasteiger partial charge in [0, 0.05) is 49.8 Å². The van der Waals surface area contributed by atoms with Crippen molar-refractivity contribution < 1.29 is 14.2 Å². The lowest BCUT2D eigenvalue weighted by Crippen LogP contribution is -2.26. The number of nitrogens with zero attached hydrogens (tertiary/aromatic N) is 4. The van der Waals surface area contributed by atoms with E-state index in [4.69, 9.17) is 14.2 Å². The molecule has 0 amide bonds. The average Bonchev–Trinajstić information content (AvgIpc) is 3.08. The Labute approximate surface area is 183 Å². The van der Waals surface area contributed by atoms with Gasteiger partial charge >= 0.3 is 0 Å². The second kappa shape index (κ2) is 10.3. The first-order chi connectivity index (χ1) is 15.2. The molecule has 7 heteroatoms. The Bertz CT molecular complexity index is 986. The van der Waals surface area contributed by atoms with Crippen LogP contribution >= 0.6 is 0 Å². The molecular weight excluding hydrogens is 392 g/mol. The molecular formula is C24H28N4O3. The molecule has 0 bridgehead atoms. The van der Waals surface area contributed by atoms with Crippen molar-refractivity contribution in [3.05, 3.63) is 65.9 Å². The fourth-order valence-corrected chi connectivity index (χ4v) is 3.63. The van der Waals surface area contributed by atoms with E-state index in [-0.39, 0.29) is 0 Å².